The van der Waals surface area contributed by atoms with Crippen LogP contribution in [0.3, 0.4) is 0 Å². The molecule has 1 atom stereocenters. The van der Waals surface area contributed by atoms with Gasteiger partial charge in [0.1, 0.15) is 0 Å². The lowest BCUT2D eigenvalue weighted by Gasteiger charge is -2.11. The number of hydrogen-bond donors (Lipinski definition) is 0. The van der Waals surface area contributed by atoms with E-state index in [-0.39, 0.29) is 5.38 Å². The molecule has 0 aliphatic carbocycles. The largest absolute Gasteiger partial charge is 0.113 e. The molecule has 0 saturated heterocycles. The van der Waals surface area contributed by atoms with Gasteiger partial charge in [-0.15, -0.1) is 11.6 Å². The first-order valence-corrected chi connectivity index (χ1v) is 6.36. The fourth-order valence-electron chi connectivity index (χ4n) is 1.73. The van der Waals surface area contributed by atoms with E-state index in [2.05, 4.69) is 41.1 Å². The second-order valence-corrected chi connectivity index (χ2v) is 5.19. The summed E-state index contributed by atoms with van der Waals surface area (Å²) < 4.78 is 1.07. The van der Waals surface area contributed by atoms with Crippen molar-refractivity contribution in [3.8, 4) is 0 Å². The van der Waals surface area contributed by atoms with Gasteiger partial charge < -0.3 is 0 Å². The van der Waals surface area contributed by atoms with Gasteiger partial charge in [-0.3, -0.25) is 0 Å². The topological polar surface area (TPSA) is 0 Å². The van der Waals surface area contributed by atoms with Crippen molar-refractivity contribution in [1.29, 1.82) is 0 Å². The average Bonchev–Trinajstić information content (AvgIpc) is 2.28. The fraction of sp³-hybridized carbons (Fsp3) is 0.143. The minimum absolute atomic E-state index is 0.0857. The highest BCUT2D eigenvalue weighted by molar-refractivity contribution is 9.10. The van der Waals surface area contributed by atoms with Crippen LogP contribution in [0.5, 0.6) is 0 Å². The maximum atomic E-state index is 6.45. The van der Waals surface area contributed by atoms with Crippen molar-refractivity contribution >= 4 is 27.5 Å². The maximum Gasteiger partial charge on any atom is 0.0835 e. The smallest absolute Gasteiger partial charge is 0.0835 e. The lowest BCUT2D eigenvalue weighted by molar-refractivity contribution is 1.13. The predicted molar refractivity (Wildman–Crippen MR) is 73.0 cm³/mol. The van der Waals surface area contributed by atoms with Crippen LogP contribution in [0.25, 0.3) is 0 Å². The zero-order valence-electron chi connectivity index (χ0n) is 8.95. The van der Waals surface area contributed by atoms with E-state index in [9.17, 15) is 0 Å². The van der Waals surface area contributed by atoms with Crippen molar-refractivity contribution in [1.82, 2.24) is 0 Å². The van der Waals surface area contributed by atoms with Crippen LogP contribution < -0.4 is 0 Å². The Hall–Kier alpha value is -0.790. The zero-order valence-corrected chi connectivity index (χ0v) is 11.3. The molecule has 0 radical (unpaired) electrons. The molecule has 2 aromatic rings. The highest BCUT2D eigenvalue weighted by atomic mass is 79.9. The molecule has 0 spiro atoms. The minimum atomic E-state index is -0.0857. The van der Waals surface area contributed by atoms with E-state index in [4.69, 9.17) is 11.6 Å². The summed E-state index contributed by atoms with van der Waals surface area (Å²) in [6, 6.07) is 16.4. The third-order valence-electron chi connectivity index (χ3n) is 2.45. The maximum absolute atomic E-state index is 6.45. The Kier molecular flexibility index (Phi) is 3.67. The molecule has 2 rings (SSSR count). The third-order valence-corrected chi connectivity index (χ3v) is 3.41. The van der Waals surface area contributed by atoms with Crippen molar-refractivity contribution in [2.24, 2.45) is 0 Å². The summed E-state index contributed by atoms with van der Waals surface area (Å²) >= 11 is 9.95. The molecule has 0 bridgehead atoms. The van der Waals surface area contributed by atoms with Crippen LogP contribution in [0.15, 0.2) is 53.0 Å². The Morgan fingerprint density at radius 1 is 1.00 bits per heavy atom. The first kappa shape index (κ1) is 11.7. The third kappa shape index (κ3) is 2.66. The molecule has 0 nitrogen and oxygen atoms in total. The number of alkyl halides is 1. The van der Waals surface area contributed by atoms with E-state index in [1.54, 1.807) is 0 Å². The van der Waals surface area contributed by atoms with Gasteiger partial charge >= 0.3 is 0 Å². The summed E-state index contributed by atoms with van der Waals surface area (Å²) in [4.78, 5) is 0. The Morgan fingerprint density at radius 2 is 1.69 bits per heavy atom. The molecule has 0 aliphatic rings. The van der Waals surface area contributed by atoms with Gasteiger partial charge in [0.2, 0.25) is 0 Å². The zero-order chi connectivity index (χ0) is 11.5. The molecule has 2 heteroatoms. The van der Waals surface area contributed by atoms with Crippen LogP contribution in [0, 0.1) is 6.92 Å². The summed E-state index contributed by atoms with van der Waals surface area (Å²) in [5.41, 5.74) is 3.47. The summed E-state index contributed by atoms with van der Waals surface area (Å²) in [6.45, 7) is 2.07. The van der Waals surface area contributed by atoms with Gasteiger partial charge in [-0.2, -0.15) is 0 Å². The SMILES string of the molecule is Cc1cc(Br)cc(C(Cl)c2ccccc2)c1. The van der Waals surface area contributed by atoms with Crippen LogP contribution in [0.1, 0.15) is 22.1 Å². The second-order valence-electron chi connectivity index (χ2n) is 3.84. The molecule has 2 aromatic carbocycles. The molecule has 0 aromatic heterocycles. The van der Waals surface area contributed by atoms with Gasteiger partial charge in [-0.1, -0.05) is 52.3 Å². The first-order valence-electron chi connectivity index (χ1n) is 5.13. The molecule has 16 heavy (non-hydrogen) atoms. The Balaban J connectivity index is 2.37. The number of hydrogen-bond acceptors (Lipinski definition) is 0. The summed E-state index contributed by atoms with van der Waals surface area (Å²) in [5, 5.41) is -0.0857. The van der Waals surface area contributed by atoms with Crippen molar-refractivity contribution in [3.05, 3.63) is 69.7 Å². The Labute approximate surface area is 109 Å². The van der Waals surface area contributed by atoms with E-state index in [1.807, 2.05) is 30.3 Å². The van der Waals surface area contributed by atoms with Gasteiger partial charge in [-0.25, -0.2) is 0 Å². The number of aryl methyl sites for hydroxylation is 1. The van der Waals surface area contributed by atoms with Crippen LogP contribution in [0.4, 0.5) is 0 Å². The van der Waals surface area contributed by atoms with E-state index in [1.165, 1.54) is 5.56 Å². The van der Waals surface area contributed by atoms with Crippen molar-refractivity contribution in [3.63, 3.8) is 0 Å². The summed E-state index contributed by atoms with van der Waals surface area (Å²) in [5.74, 6) is 0. The van der Waals surface area contributed by atoms with Gasteiger partial charge in [0.05, 0.1) is 5.38 Å². The van der Waals surface area contributed by atoms with Gasteiger partial charge in [0.15, 0.2) is 0 Å². The van der Waals surface area contributed by atoms with Crippen molar-refractivity contribution < 1.29 is 0 Å². The van der Waals surface area contributed by atoms with Crippen LogP contribution in [-0.2, 0) is 0 Å². The molecule has 1 unspecified atom stereocenters. The molecule has 0 N–H and O–H groups in total. The summed E-state index contributed by atoms with van der Waals surface area (Å²) in [7, 11) is 0. The van der Waals surface area contributed by atoms with E-state index < -0.39 is 0 Å². The molecule has 0 fully saturated rings. The molecule has 0 amide bonds. The van der Waals surface area contributed by atoms with E-state index in [0.717, 1.165) is 15.6 Å². The normalized spacial score (nSPS) is 12.4. The van der Waals surface area contributed by atoms with Crippen molar-refractivity contribution in [2.45, 2.75) is 12.3 Å². The molecule has 82 valence electrons. The minimum Gasteiger partial charge on any atom is -0.113 e. The molecular weight excluding hydrogens is 284 g/mol. The number of halogens is 2. The predicted octanol–water partition coefficient (Wildman–Crippen LogP) is 5.09. The Morgan fingerprint density at radius 3 is 2.31 bits per heavy atom. The molecular formula is C14H12BrCl. The lowest BCUT2D eigenvalue weighted by atomic mass is 10.0. The van der Waals surface area contributed by atoms with Crippen LogP contribution in [0.2, 0.25) is 0 Å². The summed E-state index contributed by atoms with van der Waals surface area (Å²) in [6.07, 6.45) is 0. The first-order chi connectivity index (χ1) is 7.66. The standard InChI is InChI=1S/C14H12BrCl/c1-10-7-12(9-13(15)8-10)14(16)11-5-3-2-4-6-11/h2-9,14H,1H3. The van der Waals surface area contributed by atoms with Crippen LogP contribution >= 0.6 is 27.5 Å². The molecule has 0 saturated carbocycles. The monoisotopic (exact) mass is 294 g/mol. The lowest BCUT2D eigenvalue weighted by Crippen LogP contribution is -1.93. The quantitative estimate of drug-likeness (QED) is 0.677. The van der Waals surface area contributed by atoms with Gasteiger partial charge in [0.25, 0.3) is 0 Å². The van der Waals surface area contributed by atoms with Crippen LogP contribution in [-0.4, -0.2) is 0 Å². The van der Waals surface area contributed by atoms with Crippen molar-refractivity contribution in [2.75, 3.05) is 0 Å². The molecule has 0 heterocycles. The number of benzene rings is 2. The van der Waals surface area contributed by atoms with E-state index >= 15 is 0 Å². The highest BCUT2D eigenvalue weighted by Gasteiger charge is 2.10. The molecule has 0 aliphatic heterocycles. The van der Waals surface area contributed by atoms with Gasteiger partial charge in [-0.05, 0) is 35.7 Å². The van der Waals surface area contributed by atoms with Gasteiger partial charge in [0, 0.05) is 4.47 Å². The number of rotatable bonds is 2. The average molecular weight is 296 g/mol. The fourth-order valence-corrected chi connectivity index (χ4v) is 2.62. The highest BCUT2D eigenvalue weighted by Crippen LogP contribution is 2.30. The Bertz CT molecular complexity index is 459. The second kappa shape index (κ2) is 5.03. The van der Waals surface area contributed by atoms with E-state index in [0.29, 0.717) is 0 Å².